The van der Waals surface area contributed by atoms with Crippen LogP contribution in [-0.2, 0) is 22.7 Å². The number of fused-ring (bicyclic) bond motifs is 1. The SMILES string of the molecule is Cc1cc(-c2c(C)cc(OCCCS(C)(=O)=O)c3c2CC3)ccc1Cl. The minimum absolute atomic E-state index is 0.163. The summed E-state index contributed by atoms with van der Waals surface area (Å²) >= 11 is 6.16. The van der Waals surface area contributed by atoms with Crippen LogP contribution in [0.15, 0.2) is 24.3 Å². The highest BCUT2D eigenvalue weighted by atomic mass is 35.5. The highest BCUT2D eigenvalue weighted by molar-refractivity contribution is 7.90. The molecule has 134 valence electrons. The third-order valence-electron chi connectivity index (χ3n) is 4.69. The van der Waals surface area contributed by atoms with Crippen LogP contribution in [0.2, 0.25) is 5.02 Å². The Hall–Kier alpha value is -1.52. The lowest BCUT2D eigenvalue weighted by Gasteiger charge is -2.28. The molecule has 3 rings (SSSR count). The van der Waals surface area contributed by atoms with Gasteiger partial charge in [0.1, 0.15) is 15.6 Å². The molecule has 0 heterocycles. The van der Waals surface area contributed by atoms with Crippen molar-refractivity contribution in [1.29, 1.82) is 0 Å². The maximum Gasteiger partial charge on any atom is 0.147 e. The molecule has 0 saturated carbocycles. The highest BCUT2D eigenvalue weighted by Gasteiger charge is 2.25. The second kappa shape index (κ2) is 7.00. The van der Waals surface area contributed by atoms with Gasteiger partial charge in [-0.2, -0.15) is 0 Å². The maximum atomic E-state index is 11.2. The molecule has 0 N–H and O–H groups in total. The molecule has 0 bridgehead atoms. The van der Waals surface area contributed by atoms with Gasteiger partial charge in [-0.05, 0) is 84.7 Å². The topological polar surface area (TPSA) is 43.4 Å². The smallest absolute Gasteiger partial charge is 0.147 e. The van der Waals surface area contributed by atoms with Crippen molar-refractivity contribution in [3.63, 3.8) is 0 Å². The zero-order valence-corrected chi connectivity index (χ0v) is 16.4. The van der Waals surface area contributed by atoms with Crippen molar-refractivity contribution in [2.45, 2.75) is 33.1 Å². The summed E-state index contributed by atoms with van der Waals surface area (Å²) in [6.45, 7) is 4.55. The average Bonchev–Trinajstić information content (AvgIpc) is 2.48. The van der Waals surface area contributed by atoms with E-state index < -0.39 is 9.84 Å². The Morgan fingerprint density at radius 1 is 1.08 bits per heavy atom. The van der Waals surface area contributed by atoms with Crippen LogP contribution in [0.5, 0.6) is 5.75 Å². The molecule has 2 aromatic carbocycles. The molecule has 0 amide bonds. The van der Waals surface area contributed by atoms with E-state index >= 15 is 0 Å². The molecule has 0 saturated heterocycles. The molecule has 0 aliphatic heterocycles. The predicted molar refractivity (Wildman–Crippen MR) is 104 cm³/mol. The number of halogens is 1. The normalized spacial score (nSPS) is 13.3. The van der Waals surface area contributed by atoms with Crippen molar-refractivity contribution >= 4 is 21.4 Å². The molecule has 25 heavy (non-hydrogen) atoms. The standard InChI is InChI=1S/C20H23ClO3S/c1-13-11-15(5-8-18(13)21)20-14(2)12-19(16-6-7-17(16)20)24-9-4-10-25(3,22)23/h5,8,11-12H,4,6-7,9-10H2,1-3H3. The number of hydrogen-bond acceptors (Lipinski definition) is 3. The van der Waals surface area contributed by atoms with Crippen LogP contribution in [-0.4, -0.2) is 27.0 Å². The largest absolute Gasteiger partial charge is 0.493 e. The Bertz CT molecular complexity index is 917. The Kier molecular flexibility index (Phi) is 5.12. The van der Waals surface area contributed by atoms with E-state index in [1.807, 2.05) is 13.0 Å². The first-order chi connectivity index (χ1) is 11.8. The van der Waals surface area contributed by atoms with Gasteiger partial charge in [-0.3, -0.25) is 0 Å². The van der Waals surface area contributed by atoms with Gasteiger partial charge in [0, 0.05) is 11.3 Å². The molecular weight excluding hydrogens is 356 g/mol. The molecule has 0 unspecified atom stereocenters. The van der Waals surface area contributed by atoms with Crippen LogP contribution < -0.4 is 4.74 Å². The summed E-state index contributed by atoms with van der Waals surface area (Å²) in [4.78, 5) is 0. The molecular formula is C20H23ClO3S. The predicted octanol–water partition coefficient (Wildman–Crippen LogP) is 4.54. The first kappa shape index (κ1) is 18.3. The van der Waals surface area contributed by atoms with Crippen molar-refractivity contribution < 1.29 is 13.2 Å². The van der Waals surface area contributed by atoms with Crippen molar-refractivity contribution in [3.05, 3.63) is 51.5 Å². The lowest BCUT2D eigenvalue weighted by molar-refractivity contribution is 0.312. The summed E-state index contributed by atoms with van der Waals surface area (Å²) in [6.07, 6.45) is 3.84. The van der Waals surface area contributed by atoms with E-state index in [9.17, 15) is 8.42 Å². The molecule has 1 aliphatic carbocycles. The quantitative estimate of drug-likeness (QED) is 0.693. The lowest BCUT2D eigenvalue weighted by atomic mass is 9.79. The van der Waals surface area contributed by atoms with Crippen LogP contribution in [0, 0.1) is 13.8 Å². The van der Waals surface area contributed by atoms with Gasteiger partial charge in [0.05, 0.1) is 12.4 Å². The van der Waals surface area contributed by atoms with Gasteiger partial charge in [0.2, 0.25) is 0 Å². The number of hydrogen-bond donors (Lipinski definition) is 0. The van der Waals surface area contributed by atoms with Gasteiger partial charge in [-0.1, -0.05) is 17.7 Å². The van der Waals surface area contributed by atoms with E-state index in [2.05, 4.69) is 25.1 Å². The Morgan fingerprint density at radius 3 is 2.40 bits per heavy atom. The first-order valence-electron chi connectivity index (χ1n) is 8.48. The second-order valence-corrected chi connectivity index (χ2v) is 9.49. The third kappa shape index (κ3) is 4.01. The fourth-order valence-corrected chi connectivity index (χ4v) is 4.11. The number of benzene rings is 2. The van der Waals surface area contributed by atoms with Crippen LogP contribution in [0.4, 0.5) is 0 Å². The van der Waals surface area contributed by atoms with E-state index in [4.69, 9.17) is 16.3 Å². The third-order valence-corrected chi connectivity index (χ3v) is 6.15. The molecule has 0 spiro atoms. The van der Waals surface area contributed by atoms with Crippen molar-refractivity contribution in [3.8, 4) is 16.9 Å². The van der Waals surface area contributed by atoms with Gasteiger partial charge in [-0.15, -0.1) is 0 Å². The van der Waals surface area contributed by atoms with Crippen LogP contribution in [0.25, 0.3) is 11.1 Å². The average molecular weight is 379 g/mol. The Morgan fingerprint density at radius 2 is 1.80 bits per heavy atom. The van der Waals surface area contributed by atoms with Gasteiger partial charge in [-0.25, -0.2) is 8.42 Å². The summed E-state index contributed by atoms with van der Waals surface area (Å²) in [5.74, 6) is 1.07. The number of aryl methyl sites for hydroxylation is 2. The van der Waals surface area contributed by atoms with Crippen molar-refractivity contribution in [2.24, 2.45) is 0 Å². The van der Waals surface area contributed by atoms with Gasteiger partial charge in [0.15, 0.2) is 0 Å². The summed E-state index contributed by atoms with van der Waals surface area (Å²) in [5, 5.41) is 0.783. The van der Waals surface area contributed by atoms with E-state index in [1.165, 1.54) is 34.1 Å². The van der Waals surface area contributed by atoms with Crippen molar-refractivity contribution in [1.82, 2.24) is 0 Å². The molecule has 5 heteroatoms. The summed E-state index contributed by atoms with van der Waals surface area (Å²) in [7, 11) is -2.93. The first-order valence-corrected chi connectivity index (χ1v) is 10.9. The molecule has 0 fully saturated rings. The highest BCUT2D eigenvalue weighted by Crippen LogP contribution is 2.42. The van der Waals surface area contributed by atoms with Crippen LogP contribution in [0.3, 0.4) is 0 Å². The molecule has 3 nitrogen and oxygen atoms in total. The fraction of sp³-hybridized carbons (Fsp3) is 0.400. The van der Waals surface area contributed by atoms with Crippen LogP contribution in [0.1, 0.15) is 28.7 Å². The van der Waals surface area contributed by atoms with E-state index in [0.717, 1.165) is 29.2 Å². The fourth-order valence-electron chi connectivity index (χ4n) is 3.35. The second-order valence-electron chi connectivity index (χ2n) is 6.82. The van der Waals surface area contributed by atoms with E-state index in [1.54, 1.807) is 0 Å². The summed E-state index contributed by atoms with van der Waals surface area (Å²) in [5.41, 5.74) is 7.34. The molecule has 0 atom stereocenters. The molecule has 0 aromatic heterocycles. The maximum absolute atomic E-state index is 11.2. The van der Waals surface area contributed by atoms with Gasteiger partial charge < -0.3 is 4.74 Å². The van der Waals surface area contributed by atoms with E-state index in [-0.39, 0.29) is 5.75 Å². The van der Waals surface area contributed by atoms with Gasteiger partial charge >= 0.3 is 0 Å². The lowest BCUT2D eigenvalue weighted by Crippen LogP contribution is -2.15. The number of rotatable bonds is 6. The minimum atomic E-state index is -2.93. The molecule has 0 radical (unpaired) electrons. The number of sulfone groups is 1. The van der Waals surface area contributed by atoms with Gasteiger partial charge in [0.25, 0.3) is 0 Å². The van der Waals surface area contributed by atoms with Crippen molar-refractivity contribution in [2.75, 3.05) is 18.6 Å². The minimum Gasteiger partial charge on any atom is -0.493 e. The summed E-state index contributed by atoms with van der Waals surface area (Å²) in [6, 6.07) is 8.24. The Balaban J connectivity index is 1.84. The number of ether oxygens (including phenoxy) is 1. The van der Waals surface area contributed by atoms with E-state index in [0.29, 0.717) is 13.0 Å². The zero-order valence-electron chi connectivity index (χ0n) is 14.9. The molecule has 1 aliphatic rings. The Labute approximate surface area is 154 Å². The zero-order chi connectivity index (χ0) is 18.2. The summed E-state index contributed by atoms with van der Waals surface area (Å²) < 4.78 is 28.3. The monoisotopic (exact) mass is 378 g/mol. The van der Waals surface area contributed by atoms with Crippen LogP contribution >= 0.6 is 11.6 Å². The molecule has 2 aromatic rings.